The van der Waals surface area contributed by atoms with E-state index < -0.39 is 0 Å². The van der Waals surface area contributed by atoms with E-state index in [0.717, 1.165) is 6.54 Å². The van der Waals surface area contributed by atoms with Crippen LogP contribution in [-0.2, 0) is 6.54 Å². The summed E-state index contributed by atoms with van der Waals surface area (Å²) in [5.74, 6) is 0. The first kappa shape index (κ1) is 8.25. The van der Waals surface area contributed by atoms with Crippen LogP contribution in [0.1, 0.15) is 6.92 Å². The molecule has 0 radical (unpaired) electrons. The lowest BCUT2D eigenvalue weighted by Gasteiger charge is -1.96. The van der Waals surface area contributed by atoms with Crippen molar-refractivity contribution in [1.82, 2.24) is 4.57 Å². The quantitative estimate of drug-likeness (QED) is 0.651. The monoisotopic (exact) mass is 197 g/mol. The number of hydrogen-bond acceptors (Lipinski definition) is 0. The molecule has 0 N–H and O–H groups in total. The van der Waals surface area contributed by atoms with E-state index >= 15 is 0 Å². The van der Waals surface area contributed by atoms with Gasteiger partial charge in [0.2, 0.25) is 0 Å². The summed E-state index contributed by atoms with van der Waals surface area (Å²) in [6.45, 7) is 2.75. The van der Waals surface area contributed by atoms with Crippen LogP contribution < -0.4 is 0 Å². The second kappa shape index (κ2) is 3.04. The Hall–Kier alpha value is 0.150. The Labute approximate surface area is 74.5 Å². The van der Waals surface area contributed by atoms with Crippen molar-refractivity contribution in [2.24, 2.45) is 0 Å². The van der Waals surface area contributed by atoms with Gasteiger partial charge in [-0.05, 0) is 6.92 Å². The number of hydrogen-bond donors (Lipinski definition) is 0. The Morgan fingerprint density at radius 3 is 2.20 bits per heavy atom. The minimum Gasteiger partial charge on any atom is -0.336 e. The van der Waals surface area contributed by atoms with Gasteiger partial charge in [-0.1, -0.05) is 34.8 Å². The summed E-state index contributed by atoms with van der Waals surface area (Å²) in [5, 5.41) is 1.45. The summed E-state index contributed by atoms with van der Waals surface area (Å²) in [6.07, 6.45) is 1.71. The third-order valence-corrected chi connectivity index (χ3v) is 2.52. The summed E-state index contributed by atoms with van der Waals surface area (Å²) in [5.41, 5.74) is 0. The molecule has 0 bridgehead atoms. The molecule has 1 heterocycles. The van der Waals surface area contributed by atoms with Crippen LogP contribution in [0.2, 0.25) is 15.2 Å². The molecule has 0 aliphatic carbocycles. The SMILES string of the molecule is CCn1cc(Cl)c(Cl)c1Cl. The Morgan fingerprint density at radius 1 is 1.40 bits per heavy atom. The highest BCUT2D eigenvalue weighted by atomic mass is 35.5. The molecule has 0 saturated heterocycles. The van der Waals surface area contributed by atoms with Gasteiger partial charge in [-0.15, -0.1) is 0 Å². The maximum Gasteiger partial charge on any atom is 0.129 e. The number of nitrogens with zero attached hydrogens (tertiary/aromatic N) is 1. The van der Waals surface area contributed by atoms with Crippen LogP contribution in [0.3, 0.4) is 0 Å². The van der Waals surface area contributed by atoms with Gasteiger partial charge < -0.3 is 4.57 Å². The normalized spacial score (nSPS) is 10.4. The lowest BCUT2D eigenvalue weighted by Crippen LogP contribution is -1.89. The molecule has 0 aliphatic heterocycles. The summed E-state index contributed by atoms with van der Waals surface area (Å²) in [7, 11) is 0. The predicted octanol–water partition coefficient (Wildman–Crippen LogP) is 3.47. The highest BCUT2D eigenvalue weighted by Crippen LogP contribution is 2.31. The van der Waals surface area contributed by atoms with E-state index in [1.165, 1.54) is 0 Å². The fourth-order valence-corrected chi connectivity index (χ4v) is 1.39. The molecule has 1 aromatic rings. The third-order valence-electron chi connectivity index (χ3n) is 1.25. The number of rotatable bonds is 1. The van der Waals surface area contributed by atoms with Crippen molar-refractivity contribution in [1.29, 1.82) is 0 Å². The molecular formula is C6H6Cl3N. The average Bonchev–Trinajstić information content (AvgIpc) is 2.17. The molecule has 0 fully saturated rings. The molecule has 0 atom stereocenters. The van der Waals surface area contributed by atoms with Crippen LogP contribution in [0.15, 0.2) is 6.20 Å². The van der Waals surface area contributed by atoms with Crippen LogP contribution in [0.4, 0.5) is 0 Å². The van der Waals surface area contributed by atoms with Crippen LogP contribution in [0, 0.1) is 0 Å². The maximum atomic E-state index is 5.76. The summed E-state index contributed by atoms with van der Waals surface area (Å²) >= 11 is 17.1. The fraction of sp³-hybridized carbons (Fsp3) is 0.333. The van der Waals surface area contributed by atoms with E-state index in [1.807, 2.05) is 6.92 Å². The zero-order valence-electron chi connectivity index (χ0n) is 5.37. The van der Waals surface area contributed by atoms with E-state index in [0.29, 0.717) is 15.2 Å². The van der Waals surface area contributed by atoms with E-state index in [-0.39, 0.29) is 0 Å². The Balaban J connectivity index is 3.17. The van der Waals surface area contributed by atoms with E-state index in [2.05, 4.69) is 0 Å². The fourth-order valence-electron chi connectivity index (χ4n) is 0.705. The number of halogens is 3. The van der Waals surface area contributed by atoms with Crippen molar-refractivity contribution in [3.63, 3.8) is 0 Å². The minimum atomic E-state index is 0.435. The van der Waals surface area contributed by atoms with Gasteiger partial charge in [-0.2, -0.15) is 0 Å². The van der Waals surface area contributed by atoms with Gasteiger partial charge >= 0.3 is 0 Å². The van der Waals surface area contributed by atoms with Gasteiger partial charge in [0.15, 0.2) is 0 Å². The third kappa shape index (κ3) is 1.26. The summed E-state index contributed by atoms with van der Waals surface area (Å²) in [6, 6.07) is 0. The molecule has 10 heavy (non-hydrogen) atoms. The first-order valence-corrected chi connectivity index (χ1v) is 3.99. The van der Waals surface area contributed by atoms with Crippen LogP contribution in [0.25, 0.3) is 0 Å². The lowest BCUT2D eigenvalue weighted by molar-refractivity contribution is 0.770. The molecular weight excluding hydrogens is 192 g/mol. The largest absolute Gasteiger partial charge is 0.336 e. The molecule has 0 spiro atoms. The van der Waals surface area contributed by atoms with Crippen LogP contribution in [0.5, 0.6) is 0 Å². The zero-order chi connectivity index (χ0) is 7.72. The molecule has 1 aromatic heterocycles. The topological polar surface area (TPSA) is 4.93 Å². The minimum absolute atomic E-state index is 0.435. The van der Waals surface area contributed by atoms with Gasteiger partial charge in [0.25, 0.3) is 0 Å². The van der Waals surface area contributed by atoms with Gasteiger partial charge in [0.1, 0.15) is 5.15 Å². The lowest BCUT2D eigenvalue weighted by atomic mass is 10.7. The molecule has 0 aromatic carbocycles. The van der Waals surface area contributed by atoms with Crippen molar-refractivity contribution in [2.75, 3.05) is 0 Å². The average molecular weight is 198 g/mol. The molecule has 0 saturated carbocycles. The molecule has 56 valence electrons. The van der Waals surface area contributed by atoms with Gasteiger partial charge in [0, 0.05) is 12.7 Å². The zero-order valence-corrected chi connectivity index (χ0v) is 7.63. The van der Waals surface area contributed by atoms with Gasteiger partial charge in [-0.25, -0.2) is 0 Å². The van der Waals surface area contributed by atoms with Gasteiger partial charge in [-0.3, -0.25) is 0 Å². The van der Waals surface area contributed by atoms with E-state index in [4.69, 9.17) is 34.8 Å². The maximum absolute atomic E-state index is 5.76. The first-order valence-electron chi connectivity index (χ1n) is 2.86. The number of aryl methyl sites for hydroxylation is 1. The Bertz CT molecular complexity index is 241. The highest BCUT2D eigenvalue weighted by molar-refractivity contribution is 6.47. The van der Waals surface area contributed by atoms with Crippen molar-refractivity contribution in [3.8, 4) is 0 Å². The van der Waals surface area contributed by atoms with Crippen molar-refractivity contribution in [2.45, 2.75) is 13.5 Å². The Morgan fingerprint density at radius 2 is 2.00 bits per heavy atom. The summed E-state index contributed by atoms with van der Waals surface area (Å²) < 4.78 is 1.78. The molecule has 0 aliphatic rings. The molecule has 1 rings (SSSR count). The smallest absolute Gasteiger partial charge is 0.129 e. The molecule has 0 amide bonds. The van der Waals surface area contributed by atoms with E-state index in [9.17, 15) is 0 Å². The summed E-state index contributed by atoms with van der Waals surface area (Å²) in [4.78, 5) is 0. The molecule has 0 unspecified atom stereocenters. The van der Waals surface area contributed by atoms with Crippen molar-refractivity contribution >= 4 is 34.8 Å². The van der Waals surface area contributed by atoms with Crippen molar-refractivity contribution in [3.05, 3.63) is 21.4 Å². The second-order valence-corrected chi connectivity index (χ2v) is 3.01. The Kier molecular flexibility index (Phi) is 2.50. The molecule has 1 nitrogen and oxygen atoms in total. The van der Waals surface area contributed by atoms with E-state index in [1.54, 1.807) is 10.8 Å². The van der Waals surface area contributed by atoms with Crippen LogP contribution >= 0.6 is 34.8 Å². The second-order valence-electron chi connectivity index (χ2n) is 1.87. The predicted molar refractivity (Wildman–Crippen MR) is 45.1 cm³/mol. The van der Waals surface area contributed by atoms with Crippen molar-refractivity contribution < 1.29 is 0 Å². The highest BCUT2D eigenvalue weighted by Gasteiger charge is 2.08. The standard InChI is InChI=1S/C6H6Cl3N/c1-2-10-3-4(7)5(8)6(10)9/h3H,2H2,1H3. The first-order chi connectivity index (χ1) is 4.66. The molecule has 4 heteroatoms. The van der Waals surface area contributed by atoms with Gasteiger partial charge in [0.05, 0.1) is 10.0 Å². The van der Waals surface area contributed by atoms with Crippen LogP contribution in [-0.4, -0.2) is 4.57 Å². The number of aromatic nitrogens is 1.